The molecule has 118 valence electrons. The number of benzene rings is 1. The zero-order valence-corrected chi connectivity index (χ0v) is 13.5. The molecule has 2 aromatic rings. The molecule has 8 heteroatoms. The molecule has 0 fully saturated rings. The van der Waals surface area contributed by atoms with Gasteiger partial charge in [-0.3, -0.25) is 4.79 Å². The first-order valence-electron chi connectivity index (χ1n) is 6.28. The summed E-state index contributed by atoms with van der Waals surface area (Å²) in [5.74, 6) is -0.767. The van der Waals surface area contributed by atoms with Gasteiger partial charge in [0.1, 0.15) is 21.5 Å². The zero-order valence-electron chi connectivity index (χ0n) is 11.9. The number of nitrogens with one attached hydrogen (secondary N) is 1. The van der Waals surface area contributed by atoms with Crippen molar-refractivity contribution in [3.63, 3.8) is 0 Å². The maximum atomic E-state index is 13.1. The predicted octanol–water partition coefficient (Wildman–Crippen LogP) is 2.70. The molecule has 0 aliphatic carbocycles. The van der Waals surface area contributed by atoms with Crippen LogP contribution in [-0.2, 0) is 14.6 Å². The van der Waals surface area contributed by atoms with Crippen LogP contribution in [-0.4, -0.2) is 26.7 Å². The summed E-state index contributed by atoms with van der Waals surface area (Å²) in [6.45, 7) is 1.49. The second-order valence-electron chi connectivity index (χ2n) is 4.59. The largest absolute Gasteiger partial charge is 0.481 e. The van der Waals surface area contributed by atoms with E-state index in [0.29, 0.717) is 0 Å². The Balaban J connectivity index is 2.08. The van der Waals surface area contributed by atoms with Crippen LogP contribution in [0.3, 0.4) is 0 Å². The van der Waals surface area contributed by atoms with Crippen LogP contribution < -0.4 is 10.1 Å². The number of hydrogen-bond donors (Lipinski definition) is 1. The second-order valence-corrected chi connectivity index (χ2v) is 7.49. The molecule has 2 rings (SSSR count). The number of rotatable bonds is 5. The van der Waals surface area contributed by atoms with Crippen molar-refractivity contribution in [1.29, 1.82) is 0 Å². The highest BCUT2D eigenvalue weighted by molar-refractivity contribution is 7.91. The number of hydrogen-bond acceptors (Lipinski definition) is 5. The molecule has 1 N–H and O–H groups in total. The van der Waals surface area contributed by atoms with Gasteiger partial charge in [-0.1, -0.05) is 6.07 Å². The van der Waals surface area contributed by atoms with Crippen molar-refractivity contribution >= 4 is 32.1 Å². The average Bonchev–Trinajstić information content (AvgIpc) is 2.86. The molecule has 1 unspecified atom stereocenters. The monoisotopic (exact) mass is 343 g/mol. The van der Waals surface area contributed by atoms with Crippen LogP contribution in [0.15, 0.2) is 40.6 Å². The number of carbonyl (C=O) groups excluding carboxylic acids is 1. The van der Waals surface area contributed by atoms with Crippen LogP contribution in [0.5, 0.6) is 5.75 Å². The summed E-state index contributed by atoms with van der Waals surface area (Å²) in [6.07, 6.45) is 0.161. The van der Waals surface area contributed by atoms with E-state index < -0.39 is 27.7 Å². The van der Waals surface area contributed by atoms with Gasteiger partial charge in [0.15, 0.2) is 15.9 Å². The summed E-state index contributed by atoms with van der Waals surface area (Å²) in [5.41, 5.74) is 0. The number of carbonyl (C=O) groups is 1. The molecule has 1 amide bonds. The summed E-state index contributed by atoms with van der Waals surface area (Å²) < 4.78 is 41.6. The molecule has 5 nitrogen and oxygen atoms in total. The third kappa shape index (κ3) is 4.05. The maximum absolute atomic E-state index is 13.1. The molecule has 0 aliphatic rings. The molecular formula is C14H14FNO4S2. The van der Waals surface area contributed by atoms with Crippen molar-refractivity contribution in [2.75, 3.05) is 11.6 Å². The molecule has 1 aromatic carbocycles. The number of anilines is 1. The van der Waals surface area contributed by atoms with Gasteiger partial charge in [-0.25, -0.2) is 12.8 Å². The lowest BCUT2D eigenvalue weighted by molar-refractivity contribution is -0.122. The lowest BCUT2D eigenvalue weighted by Crippen LogP contribution is -2.30. The van der Waals surface area contributed by atoms with Gasteiger partial charge in [0.2, 0.25) is 0 Å². The molecule has 0 spiro atoms. The maximum Gasteiger partial charge on any atom is 0.265 e. The fourth-order valence-corrected chi connectivity index (χ4v) is 3.76. The van der Waals surface area contributed by atoms with Crippen LogP contribution in [0.4, 0.5) is 9.39 Å². The Morgan fingerprint density at radius 1 is 1.36 bits per heavy atom. The standard InChI is InChI=1S/C14H14FNO4S2/c1-9(20-11-5-3-4-10(15)8-11)13(17)16-14-12(6-7-21-14)22(2,18)19/h3-9H,1-2H3,(H,16,17). The van der Waals surface area contributed by atoms with E-state index in [2.05, 4.69) is 5.32 Å². The van der Waals surface area contributed by atoms with Gasteiger partial charge in [-0.15, -0.1) is 11.3 Å². The van der Waals surface area contributed by atoms with E-state index in [1.165, 1.54) is 31.2 Å². The van der Waals surface area contributed by atoms with Crippen LogP contribution in [0.25, 0.3) is 0 Å². The van der Waals surface area contributed by atoms with Gasteiger partial charge < -0.3 is 10.1 Å². The highest BCUT2D eigenvalue weighted by Gasteiger charge is 2.20. The van der Waals surface area contributed by atoms with E-state index in [1.54, 1.807) is 5.38 Å². The van der Waals surface area contributed by atoms with Gasteiger partial charge in [0.25, 0.3) is 5.91 Å². The van der Waals surface area contributed by atoms with Crippen molar-refractivity contribution in [3.05, 3.63) is 41.5 Å². The van der Waals surface area contributed by atoms with Crippen molar-refractivity contribution in [3.8, 4) is 5.75 Å². The van der Waals surface area contributed by atoms with E-state index in [1.807, 2.05) is 0 Å². The van der Waals surface area contributed by atoms with E-state index in [-0.39, 0.29) is 15.6 Å². The summed E-state index contributed by atoms with van der Waals surface area (Å²) in [7, 11) is -3.42. The molecule has 0 saturated heterocycles. The minimum absolute atomic E-state index is 0.0591. The Bertz CT molecular complexity index is 786. The molecule has 1 atom stereocenters. The van der Waals surface area contributed by atoms with E-state index in [0.717, 1.165) is 23.7 Å². The van der Waals surface area contributed by atoms with Crippen LogP contribution in [0, 0.1) is 5.82 Å². The number of ether oxygens (including phenoxy) is 1. The van der Waals surface area contributed by atoms with Gasteiger partial charge in [-0.05, 0) is 30.5 Å². The SMILES string of the molecule is CC(Oc1cccc(F)c1)C(=O)Nc1sccc1S(C)(=O)=O. The smallest absolute Gasteiger partial charge is 0.265 e. The van der Waals surface area contributed by atoms with Crippen molar-refractivity contribution in [2.45, 2.75) is 17.9 Å². The summed E-state index contributed by atoms with van der Waals surface area (Å²) in [5, 5.41) is 4.33. The first-order chi connectivity index (χ1) is 10.3. The van der Waals surface area contributed by atoms with Gasteiger partial charge in [0.05, 0.1) is 0 Å². The molecular weight excluding hydrogens is 329 g/mol. The number of sulfone groups is 1. The van der Waals surface area contributed by atoms with Crippen LogP contribution >= 0.6 is 11.3 Å². The highest BCUT2D eigenvalue weighted by atomic mass is 32.2. The van der Waals surface area contributed by atoms with E-state index in [9.17, 15) is 17.6 Å². The zero-order chi connectivity index (χ0) is 16.3. The van der Waals surface area contributed by atoms with Gasteiger partial charge in [-0.2, -0.15) is 0 Å². The Hall–Kier alpha value is -1.93. The topological polar surface area (TPSA) is 72.5 Å². The summed E-state index contributed by atoms with van der Waals surface area (Å²) in [6, 6.07) is 6.85. The fourth-order valence-electron chi connectivity index (χ4n) is 1.69. The lowest BCUT2D eigenvalue weighted by Gasteiger charge is -2.14. The molecule has 1 heterocycles. The van der Waals surface area contributed by atoms with Crippen molar-refractivity contribution < 1.29 is 22.3 Å². The molecule has 0 radical (unpaired) electrons. The van der Waals surface area contributed by atoms with E-state index >= 15 is 0 Å². The minimum Gasteiger partial charge on any atom is -0.481 e. The number of halogens is 1. The van der Waals surface area contributed by atoms with Gasteiger partial charge in [0, 0.05) is 12.3 Å². The lowest BCUT2D eigenvalue weighted by atomic mass is 10.3. The third-order valence-electron chi connectivity index (χ3n) is 2.74. The van der Waals surface area contributed by atoms with Crippen LogP contribution in [0.2, 0.25) is 0 Å². The minimum atomic E-state index is -3.42. The van der Waals surface area contributed by atoms with E-state index in [4.69, 9.17) is 4.74 Å². The Morgan fingerprint density at radius 2 is 2.09 bits per heavy atom. The average molecular weight is 343 g/mol. The summed E-state index contributed by atoms with van der Waals surface area (Å²) in [4.78, 5) is 12.1. The first-order valence-corrected chi connectivity index (χ1v) is 9.05. The first kappa shape index (κ1) is 16.4. The molecule has 22 heavy (non-hydrogen) atoms. The molecule has 0 aliphatic heterocycles. The normalized spacial score (nSPS) is 12.7. The summed E-state index contributed by atoms with van der Waals surface area (Å²) >= 11 is 1.10. The molecule has 0 saturated carbocycles. The van der Waals surface area contributed by atoms with Crippen molar-refractivity contribution in [1.82, 2.24) is 0 Å². The molecule has 0 bridgehead atoms. The fraction of sp³-hybridized carbons (Fsp3) is 0.214. The quantitative estimate of drug-likeness (QED) is 0.906. The third-order valence-corrected chi connectivity index (χ3v) is 4.84. The number of amides is 1. The van der Waals surface area contributed by atoms with Gasteiger partial charge >= 0.3 is 0 Å². The predicted molar refractivity (Wildman–Crippen MR) is 82.5 cm³/mol. The second kappa shape index (κ2) is 6.45. The Morgan fingerprint density at radius 3 is 2.73 bits per heavy atom. The Labute approximate surface area is 131 Å². The molecule has 1 aromatic heterocycles. The number of thiophene rings is 1. The Kier molecular flexibility index (Phi) is 4.82. The van der Waals surface area contributed by atoms with Crippen LogP contribution in [0.1, 0.15) is 6.92 Å². The van der Waals surface area contributed by atoms with Crippen molar-refractivity contribution in [2.24, 2.45) is 0 Å². The highest BCUT2D eigenvalue weighted by Crippen LogP contribution is 2.27.